The Morgan fingerprint density at radius 2 is 2.24 bits per heavy atom. The van der Waals surface area contributed by atoms with Gasteiger partial charge in [0.15, 0.2) is 0 Å². The zero-order valence-electron chi connectivity index (χ0n) is 9.20. The van der Waals surface area contributed by atoms with Gasteiger partial charge >= 0.3 is 0 Å². The minimum atomic E-state index is -1.34. The zero-order chi connectivity index (χ0) is 13.1. The van der Waals surface area contributed by atoms with Gasteiger partial charge in [-0.25, -0.2) is 0 Å². The Bertz CT molecular complexity index is 423. The van der Waals surface area contributed by atoms with Gasteiger partial charge in [-0.15, -0.1) is 0 Å². The molecule has 0 bridgehead atoms. The second-order valence-electron chi connectivity index (χ2n) is 3.96. The summed E-state index contributed by atoms with van der Waals surface area (Å²) in [6, 6.07) is 4.89. The van der Waals surface area contributed by atoms with Gasteiger partial charge in [-0.3, -0.25) is 4.79 Å². The van der Waals surface area contributed by atoms with Crippen LogP contribution in [0.1, 0.15) is 17.3 Å². The molecule has 1 amide bonds. The Hall–Kier alpha value is -0.620. The standard InChI is InChI=1S/C11H13BrClNO3/c1-11(17,6-15)5-14-10(16)8-3-2-7(12)4-9(8)13/h2-4,15,17H,5-6H2,1H3,(H,14,16). The lowest BCUT2D eigenvalue weighted by atomic mass is 10.1. The third-order valence-electron chi connectivity index (χ3n) is 2.15. The van der Waals surface area contributed by atoms with Crippen molar-refractivity contribution in [3.8, 4) is 0 Å². The van der Waals surface area contributed by atoms with Crippen molar-refractivity contribution in [1.29, 1.82) is 0 Å². The first kappa shape index (κ1) is 14.4. The van der Waals surface area contributed by atoms with E-state index in [0.717, 1.165) is 4.47 Å². The third-order valence-corrected chi connectivity index (χ3v) is 2.95. The van der Waals surface area contributed by atoms with Crippen molar-refractivity contribution in [2.45, 2.75) is 12.5 Å². The normalized spacial score (nSPS) is 14.2. The van der Waals surface area contributed by atoms with Crippen LogP contribution in [0.4, 0.5) is 0 Å². The Morgan fingerprint density at radius 3 is 2.76 bits per heavy atom. The van der Waals surface area contributed by atoms with Crippen LogP contribution in [0.15, 0.2) is 22.7 Å². The lowest BCUT2D eigenvalue weighted by Gasteiger charge is -2.20. The fourth-order valence-corrected chi connectivity index (χ4v) is 1.85. The number of amides is 1. The minimum absolute atomic E-state index is 0.0469. The summed E-state index contributed by atoms with van der Waals surface area (Å²) >= 11 is 9.14. The van der Waals surface area contributed by atoms with E-state index in [0.29, 0.717) is 10.6 Å². The number of carbonyl (C=O) groups is 1. The summed E-state index contributed by atoms with van der Waals surface area (Å²) in [5.74, 6) is -0.392. The summed E-state index contributed by atoms with van der Waals surface area (Å²) in [5, 5.41) is 21.2. The molecule has 0 saturated heterocycles. The first-order valence-corrected chi connectivity index (χ1v) is 6.09. The van der Waals surface area contributed by atoms with E-state index in [1.54, 1.807) is 18.2 Å². The largest absolute Gasteiger partial charge is 0.393 e. The van der Waals surface area contributed by atoms with Gasteiger partial charge in [0.1, 0.15) is 5.60 Å². The van der Waals surface area contributed by atoms with Crippen molar-refractivity contribution < 1.29 is 15.0 Å². The van der Waals surface area contributed by atoms with Gasteiger partial charge in [-0.05, 0) is 25.1 Å². The Kier molecular flexibility index (Phi) is 4.94. The summed E-state index contributed by atoms with van der Waals surface area (Å²) in [6.07, 6.45) is 0. The molecule has 3 N–H and O–H groups in total. The summed E-state index contributed by atoms with van der Waals surface area (Å²) in [7, 11) is 0. The topological polar surface area (TPSA) is 69.6 Å². The molecule has 1 unspecified atom stereocenters. The molecular weight excluding hydrogens is 309 g/mol. The van der Waals surface area contributed by atoms with Crippen LogP contribution in [0.3, 0.4) is 0 Å². The van der Waals surface area contributed by atoms with Crippen LogP contribution in [0, 0.1) is 0 Å². The Labute approximate surface area is 113 Å². The highest BCUT2D eigenvalue weighted by Gasteiger charge is 2.20. The number of halogens is 2. The first-order chi connectivity index (χ1) is 7.85. The van der Waals surface area contributed by atoms with Crippen molar-refractivity contribution in [2.75, 3.05) is 13.2 Å². The molecule has 94 valence electrons. The van der Waals surface area contributed by atoms with E-state index in [2.05, 4.69) is 21.2 Å². The van der Waals surface area contributed by atoms with Crippen LogP contribution in [-0.2, 0) is 0 Å². The highest BCUT2D eigenvalue weighted by molar-refractivity contribution is 9.10. The average Bonchev–Trinajstić information content (AvgIpc) is 2.26. The van der Waals surface area contributed by atoms with Crippen LogP contribution >= 0.6 is 27.5 Å². The highest BCUT2D eigenvalue weighted by atomic mass is 79.9. The fraction of sp³-hybridized carbons (Fsp3) is 0.364. The summed E-state index contributed by atoms with van der Waals surface area (Å²) in [4.78, 5) is 11.7. The number of carbonyl (C=O) groups excluding carboxylic acids is 1. The number of aliphatic hydroxyl groups excluding tert-OH is 1. The van der Waals surface area contributed by atoms with Crippen LogP contribution in [0.2, 0.25) is 5.02 Å². The van der Waals surface area contributed by atoms with Crippen molar-refractivity contribution in [3.63, 3.8) is 0 Å². The van der Waals surface area contributed by atoms with Crippen LogP contribution in [-0.4, -0.2) is 34.9 Å². The highest BCUT2D eigenvalue weighted by Crippen LogP contribution is 2.21. The number of aliphatic hydroxyl groups is 2. The van der Waals surface area contributed by atoms with Crippen molar-refractivity contribution in [3.05, 3.63) is 33.3 Å². The fourth-order valence-electron chi connectivity index (χ4n) is 1.10. The quantitative estimate of drug-likeness (QED) is 0.788. The van der Waals surface area contributed by atoms with Crippen LogP contribution in [0.25, 0.3) is 0 Å². The second-order valence-corrected chi connectivity index (χ2v) is 5.28. The minimum Gasteiger partial charge on any atom is -0.393 e. The molecule has 0 saturated carbocycles. The Balaban J connectivity index is 2.71. The van der Waals surface area contributed by atoms with E-state index >= 15 is 0 Å². The van der Waals surface area contributed by atoms with Crippen molar-refractivity contribution in [1.82, 2.24) is 5.32 Å². The maximum absolute atomic E-state index is 11.7. The third kappa shape index (κ3) is 4.27. The molecule has 1 rings (SSSR count). The van der Waals surface area contributed by atoms with E-state index < -0.39 is 18.1 Å². The number of rotatable bonds is 4. The van der Waals surface area contributed by atoms with Crippen molar-refractivity contribution >= 4 is 33.4 Å². The molecule has 1 aromatic carbocycles. The molecule has 0 fully saturated rings. The van der Waals surface area contributed by atoms with Gasteiger partial charge in [0.05, 0.1) is 17.2 Å². The molecule has 0 aromatic heterocycles. The first-order valence-electron chi connectivity index (χ1n) is 4.92. The molecule has 4 nitrogen and oxygen atoms in total. The van der Waals surface area contributed by atoms with Gasteiger partial charge in [0, 0.05) is 11.0 Å². The average molecular weight is 323 g/mol. The maximum Gasteiger partial charge on any atom is 0.252 e. The van der Waals surface area contributed by atoms with Gasteiger partial charge in [0.2, 0.25) is 0 Å². The SMILES string of the molecule is CC(O)(CO)CNC(=O)c1ccc(Br)cc1Cl. The predicted molar refractivity (Wildman–Crippen MR) is 69.2 cm³/mol. The van der Waals surface area contributed by atoms with Gasteiger partial charge in [-0.2, -0.15) is 0 Å². The number of benzene rings is 1. The zero-order valence-corrected chi connectivity index (χ0v) is 11.5. The van der Waals surface area contributed by atoms with E-state index in [4.69, 9.17) is 16.7 Å². The maximum atomic E-state index is 11.7. The molecule has 0 aliphatic carbocycles. The number of hydrogen-bond donors (Lipinski definition) is 3. The van der Waals surface area contributed by atoms with Gasteiger partial charge < -0.3 is 15.5 Å². The molecule has 0 spiro atoms. The lowest BCUT2D eigenvalue weighted by Crippen LogP contribution is -2.43. The van der Waals surface area contributed by atoms with Gasteiger partial charge in [0.25, 0.3) is 5.91 Å². The molecule has 0 aliphatic rings. The molecule has 17 heavy (non-hydrogen) atoms. The molecule has 1 aromatic rings. The van der Waals surface area contributed by atoms with Crippen molar-refractivity contribution in [2.24, 2.45) is 0 Å². The predicted octanol–water partition coefficient (Wildman–Crippen LogP) is 1.58. The van der Waals surface area contributed by atoms with Gasteiger partial charge in [-0.1, -0.05) is 27.5 Å². The molecule has 6 heteroatoms. The lowest BCUT2D eigenvalue weighted by molar-refractivity contribution is 0.00320. The molecule has 0 aliphatic heterocycles. The van der Waals surface area contributed by atoms with Crippen LogP contribution in [0.5, 0.6) is 0 Å². The smallest absolute Gasteiger partial charge is 0.252 e. The summed E-state index contributed by atoms with van der Waals surface area (Å²) < 4.78 is 0.779. The van der Waals surface area contributed by atoms with E-state index in [9.17, 15) is 9.90 Å². The monoisotopic (exact) mass is 321 g/mol. The number of hydrogen-bond acceptors (Lipinski definition) is 3. The van der Waals surface area contributed by atoms with E-state index in [-0.39, 0.29) is 6.54 Å². The number of nitrogens with one attached hydrogen (secondary N) is 1. The summed E-state index contributed by atoms with van der Waals surface area (Å²) in [6.45, 7) is 0.951. The van der Waals surface area contributed by atoms with E-state index in [1.807, 2.05) is 0 Å². The Morgan fingerprint density at radius 1 is 1.59 bits per heavy atom. The molecule has 0 heterocycles. The molecule has 0 radical (unpaired) electrons. The van der Waals surface area contributed by atoms with Crippen LogP contribution < -0.4 is 5.32 Å². The molecular formula is C11H13BrClNO3. The second kappa shape index (κ2) is 5.82. The molecule has 1 atom stereocenters. The summed E-state index contributed by atoms with van der Waals surface area (Å²) in [5.41, 5.74) is -1.01. The van der Waals surface area contributed by atoms with E-state index in [1.165, 1.54) is 6.92 Å².